The van der Waals surface area contributed by atoms with Crippen molar-refractivity contribution in [2.24, 2.45) is 16.3 Å². The molecule has 1 aliphatic heterocycles. The molecule has 0 bridgehead atoms. The molecule has 28 heavy (non-hydrogen) atoms. The fourth-order valence-electron chi connectivity index (χ4n) is 2.63. The number of halogens is 1. The second kappa shape index (κ2) is 9.48. The Morgan fingerprint density at radius 1 is 1.18 bits per heavy atom. The van der Waals surface area contributed by atoms with Crippen LogP contribution in [-0.2, 0) is 9.53 Å². The molecule has 8 nitrogen and oxygen atoms in total. The van der Waals surface area contributed by atoms with Gasteiger partial charge in [-0.25, -0.2) is 4.79 Å². The fourth-order valence-corrected chi connectivity index (χ4v) is 2.85. The van der Waals surface area contributed by atoms with Crippen molar-refractivity contribution in [1.82, 2.24) is 0 Å². The molecule has 148 valence electrons. The van der Waals surface area contributed by atoms with Crippen molar-refractivity contribution >= 4 is 35.1 Å². The average molecular weight is 407 g/mol. The van der Waals surface area contributed by atoms with E-state index in [1.165, 1.54) is 30.4 Å². The van der Waals surface area contributed by atoms with Crippen molar-refractivity contribution in [3.05, 3.63) is 56.3 Å². The van der Waals surface area contributed by atoms with Gasteiger partial charge in [-0.1, -0.05) is 41.9 Å². The predicted octanol–water partition coefficient (Wildman–Crippen LogP) is 3.96. The summed E-state index contributed by atoms with van der Waals surface area (Å²) in [6.07, 6.45) is 3.17. The summed E-state index contributed by atoms with van der Waals surface area (Å²) in [7, 11) is 0. The number of hydrogen-bond acceptors (Lipinski definition) is 8. The topological polar surface area (TPSA) is 122 Å². The Bertz CT molecular complexity index is 851. The van der Waals surface area contributed by atoms with Crippen molar-refractivity contribution in [3.8, 4) is 0 Å². The second-order valence-corrected chi connectivity index (χ2v) is 6.90. The standard InChI is InChI=1S/C19H19ClN2O6/c1-10-6-7-16(23)18(24)14(21-26)5-3-4-12-8-13(20)9-15(22-27)17(12)19(25)28-11(10)2/h3-4,6-11,14,18,24H,5H2,1-2H3/b4-3+,7-6-/t10-,11+,14?,18+/m1/s1. The number of fused-ring (bicyclic) bond motifs is 1. The number of ether oxygens (including phenoxy) is 1. The van der Waals surface area contributed by atoms with Gasteiger partial charge in [0.25, 0.3) is 0 Å². The zero-order valence-electron chi connectivity index (χ0n) is 15.2. The molecule has 0 fully saturated rings. The first kappa shape index (κ1) is 21.6. The third-order valence-electron chi connectivity index (χ3n) is 4.48. The van der Waals surface area contributed by atoms with E-state index in [1.54, 1.807) is 13.8 Å². The second-order valence-electron chi connectivity index (χ2n) is 6.47. The van der Waals surface area contributed by atoms with Crippen LogP contribution in [0.3, 0.4) is 0 Å². The molecule has 0 aromatic heterocycles. The number of cyclic esters (lactones) is 1. The van der Waals surface area contributed by atoms with E-state index >= 15 is 0 Å². The van der Waals surface area contributed by atoms with Gasteiger partial charge in [0.15, 0.2) is 5.78 Å². The van der Waals surface area contributed by atoms with Gasteiger partial charge in [0.05, 0.1) is 5.56 Å². The minimum atomic E-state index is -1.60. The summed E-state index contributed by atoms with van der Waals surface area (Å²) < 4.78 is 5.41. The van der Waals surface area contributed by atoms with Gasteiger partial charge in [-0.15, -0.1) is 4.91 Å². The molecule has 0 saturated heterocycles. The van der Waals surface area contributed by atoms with Crippen LogP contribution in [0.25, 0.3) is 6.08 Å². The maximum Gasteiger partial charge on any atom is 0.341 e. The van der Waals surface area contributed by atoms with E-state index in [-0.39, 0.29) is 34.2 Å². The molecule has 0 radical (unpaired) electrons. The van der Waals surface area contributed by atoms with Crippen LogP contribution in [0.2, 0.25) is 5.02 Å². The molecule has 4 atom stereocenters. The third kappa shape index (κ3) is 4.96. The molecule has 2 rings (SSSR count). The van der Waals surface area contributed by atoms with Crippen LogP contribution in [0.1, 0.15) is 36.2 Å². The lowest BCUT2D eigenvalue weighted by atomic mass is 9.98. The lowest BCUT2D eigenvalue weighted by Gasteiger charge is -2.19. The third-order valence-corrected chi connectivity index (χ3v) is 4.70. The number of ketones is 1. The van der Waals surface area contributed by atoms with Crippen LogP contribution in [-0.4, -0.2) is 35.1 Å². The zero-order chi connectivity index (χ0) is 20.8. The first-order valence-corrected chi connectivity index (χ1v) is 8.93. The number of esters is 1. The van der Waals surface area contributed by atoms with Crippen LogP contribution in [0.4, 0.5) is 5.69 Å². The quantitative estimate of drug-likeness (QED) is 0.585. The summed E-state index contributed by atoms with van der Waals surface area (Å²) in [4.78, 5) is 47.0. The summed E-state index contributed by atoms with van der Waals surface area (Å²) in [5.41, 5.74) is 0.00732. The van der Waals surface area contributed by atoms with Gasteiger partial charge in [-0.05, 0) is 42.3 Å². The van der Waals surface area contributed by atoms with Gasteiger partial charge >= 0.3 is 5.97 Å². The first-order valence-electron chi connectivity index (χ1n) is 8.55. The molecule has 0 aliphatic carbocycles. The summed E-state index contributed by atoms with van der Waals surface area (Å²) in [5.74, 6) is -1.83. The Morgan fingerprint density at radius 3 is 2.54 bits per heavy atom. The van der Waals surface area contributed by atoms with Crippen molar-refractivity contribution in [2.45, 2.75) is 38.5 Å². The highest BCUT2D eigenvalue weighted by Crippen LogP contribution is 2.30. The lowest BCUT2D eigenvalue weighted by Crippen LogP contribution is -2.31. The SMILES string of the molecule is C[C@@H]1/C=C\C(=O)[C@@H](O)C(N=O)C/C=C/c2cc(Cl)cc(N=O)c2C(=O)O[C@H]1C. The summed E-state index contributed by atoms with van der Waals surface area (Å²) >= 11 is 5.98. The Kier molecular flexibility index (Phi) is 7.31. The van der Waals surface area contributed by atoms with Crippen LogP contribution in [0.15, 0.2) is 40.7 Å². The van der Waals surface area contributed by atoms with Crippen molar-refractivity contribution in [2.75, 3.05) is 0 Å². The van der Waals surface area contributed by atoms with Gasteiger partial charge in [0.2, 0.25) is 0 Å². The highest BCUT2D eigenvalue weighted by atomic mass is 35.5. The van der Waals surface area contributed by atoms with E-state index in [9.17, 15) is 24.5 Å². The van der Waals surface area contributed by atoms with Crippen molar-refractivity contribution in [3.63, 3.8) is 0 Å². The van der Waals surface area contributed by atoms with E-state index in [2.05, 4.69) is 10.4 Å². The predicted molar refractivity (Wildman–Crippen MR) is 104 cm³/mol. The molecule has 0 spiro atoms. The number of carbonyl (C=O) groups is 2. The summed E-state index contributed by atoms with van der Waals surface area (Å²) in [5, 5.41) is 15.9. The number of nitroso groups, excluding NO2 is 2. The van der Waals surface area contributed by atoms with Gasteiger partial charge in [0.1, 0.15) is 23.9 Å². The van der Waals surface area contributed by atoms with Crippen LogP contribution < -0.4 is 0 Å². The number of aliphatic hydroxyl groups excluding tert-OH is 1. The normalized spacial score (nSPS) is 28.4. The smallest absolute Gasteiger partial charge is 0.341 e. The van der Waals surface area contributed by atoms with Gasteiger partial charge in [-0.2, -0.15) is 4.91 Å². The van der Waals surface area contributed by atoms with E-state index in [0.717, 1.165) is 6.08 Å². The highest BCUT2D eigenvalue weighted by molar-refractivity contribution is 6.31. The van der Waals surface area contributed by atoms with Crippen molar-refractivity contribution < 1.29 is 19.4 Å². The van der Waals surface area contributed by atoms with Gasteiger partial charge < -0.3 is 9.84 Å². The number of nitrogens with zero attached hydrogens (tertiary/aromatic N) is 2. The van der Waals surface area contributed by atoms with Crippen LogP contribution in [0, 0.1) is 15.7 Å². The summed E-state index contributed by atoms with van der Waals surface area (Å²) in [6, 6.07) is 1.48. The largest absolute Gasteiger partial charge is 0.458 e. The van der Waals surface area contributed by atoms with Crippen molar-refractivity contribution in [1.29, 1.82) is 0 Å². The number of rotatable bonds is 2. The maximum absolute atomic E-state index is 12.7. The zero-order valence-corrected chi connectivity index (χ0v) is 16.0. The number of carbonyl (C=O) groups excluding carboxylic acids is 2. The Labute approximate surface area is 166 Å². The Morgan fingerprint density at radius 2 is 1.89 bits per heavy atom. The molecule has 1 aliphatic rings. The van der Waals surface area contributed by atoms with Gasteiger partial charge in [0, 0.05) is 10.9 Å². The number of aliphatic hydroxyl groups is 1. The molecular formula is C19H19ClN2O6. The maximum atomic E-state index is 12.7. The molecule has 1 N–H and O–H groups in total. The summed E-state index contributed by atoms with van der Waals surface area (Å²) in [6.45, 7) is 3.33. The molecule has 1 aromatic rings. The molecule has 1 heterocycles. The first-order chi connectivity index (χ1) is 13.3. The molecule has 0 saturated carbocycles. The van der Waals surface area contributed by atoms with Crippen LogP contribution >= 0.6 is 11.6 Å². The number of hydrogen-bond donors (Lipinski definition) is 1. The average Bonchev–Trinajstić information content (AvgIpc) is 2.67. The van der Waals surface area contributed by atoms with E-state index in [0.29, 0.717) is 0 Å². The molecule has 0 amide bonds. The number of benzene rings is 1. The van der Waals surface area contributed by atoms with Gasteiger partial charge in [-0.3, -0.25) is 4.79 Å². The minimum Gasteiger partial charge on any atom is -0.458 e. The fraction of sp³-hybridized carbons (Fsp3) is 0.368. The highest BCUT2D eigenvalue weighted by Gasteiger charge is 2.27. The van der Waals surface area contributed by atoms with E-state index in [1.807, 2.05) is 0 Å². The van der Waals surface area contributed by atoms with E-state index < -0.39 is 30.0 Å². The Hall–Kier alpha value is -2.71. The van der Waals surface area contributed by atoms with Crippen LogP contribution in [0.5, 0.6) is 0 Å². The Balaban J connectivity index is 2.57. The molecule has 1 aromatic carbocycles. The monoisotopic (exact) mass is 406 g/mol. The molecule has 9 heteroatoms. The molecule has 1 unspecified atom stereocenters. The molecular weight excluding hydrogens is 388 g/mol. The lowest BCUT2D eigenvalue weighted by molar-refractivity contribution is -0.123. The van der Waals surface area contributed by atoms with E-state index in [4.69, 9.17) is 16.3 Å². The minimum absolute atomic E-state index is 0.0667.